The highest BCUT2D eigenvalue weighted by Crippen LogP contribution is 2.20. The number of imidazole rings is 1. The molecule has 2 aromatic heterocycles. The fourth-order valence-corrected chi connectivity index (χ4v) is 2.00. The Bertz CT molecular complexity index is 745. The molecule has 0 fully saturated rings. The van der Waals surface area contributed by atoms with Crippen molar-refractivity contribution in [1.29, 1.82) is 5.26 Å². The molecular weight excluding hydrogens is 222 g/mol. The minimum Gasteiger partial charge on any atom is -0.304 e. The van der Waals surface area contributed by atoms with Crippen LogP contribution in [0.25, 0.3) is 16.9 Å². The molecule has 0 N–H and O–H groups in total. The molecule has 3 rings (SSSR count). The standard InChI is InChI=1S/C15H11N3/c1-11-3-2-4-15-17-14(10-18(11)15)13-7-5-12(9-16)6-8-13/h2-8,10H,1H3. The maximum atomic E-state index is 8.78. The second-order valence-corrected chi connectivity index (χ2v) is 4.21. The minimum absolute atomic E-state index is 0.665. The topological polar surface area (TPSA) is 41.1 Å². The molecule has 0 saturated carbocycles. The predicted octanol–water partition coefficient (Wildman–Crippen LogP) is 3.18. The van der Waals surface area contributed by atoms with E-state index in [1.807, 2.05) is 42.6 Å². The fraction of sp³-hybridized carbons (Fsp3) is 0.0667. The third-order valence-electron chi connectivity index (χ3n) is 3.01. The van der Waals surface area contributed by atoms with Crippen LogP contribution in [0.5, 0.6) is 0 Å². The van der Waals surface area contributed by atoms with Crippen LogP contribution in [-0.2, 0) is 0 Å². The Kier molecular flexibility index (Phi) is 2.35. The van der Waals surface area contributed by atoms with Gasteiger partial charge >= 0.3 is 0 Å². The smallest absolute Gasteiger partial charge is 0.137 e. The number of rotatable bonds is 1. The molecule has 18 heavy (non-hydrogen) atoms. The van der Waals surface area contributed by atoms with Gasteiger partial charge in [-0.1, -0.05) is 18.2 Å². The molecular formula is C15H11N3. The van der Waals surface area contributed by atoms with Gasteiger partial charge in [-0.2, -0.15) is 5.26 Å². The molecule has 0 radical (unpaired) electrons. The number of hydrogen-bond acceptors (Lipinski definition) is 2. The molecule has 0 atom stereocenters. The van der Waals surface area contributed by atoms with E-state index in [0.717, 1.165) is 22.6 Å². The highest BCUT2D eigenvalue weighted by molar-refractivity contribution is 5.63. The van der Waals surface area contributed by atoms with Crippen LogP contribution in [0.2, 0.25) is 0 Å². The summed E-state index contributed by atoms with van der Waals surface area (Å²) in [5, 5.41) is 8.78. The molecule has 0 aliphatic heterocycles. The average molecular weight is 233 g/mol. The lowest BCUT2D eigenvalue weighted by molar-refractivity contribution is 1.09. The van der Waals surface area contributed by atoms with Crippen molar-refractivity contribution in [3.63, 3.8) is 0 Å². The lowest BCUT2D eigenvalue weighted by Gasteiger charge is -1.96. The van der Waals surface area contributed by atoms with E-state index in [4.69, 9.17) is 5.26 Å². The lowest BCUT2D eigenvalue weighted by Crippen LogP contribution is -1.86. The van der Waals surface area contributed by atoms with E-state index in [1.165, 1.54) is 0 Å². The van der Waals surface area contributed by atoms with Crippen molar-refractivity contribution in [2.75, 3.05) is 0 Å². The van der Waals surface area contributed by atoms with Crippen molar-refractivity contribution in [2.45, 2.75) is 6.92 Å². The number of pyridine rings is 1. The van der Waals surface area contributed by atoms with Gasteiger partial charge in [0.05, 0.1) is 17.3 Å². The Hall–Kier alpha value is -2.60. The van der Waals surface area contributed by atoms with Crippen LogP contribution >= 0.6 is 0 Å². The van der Waals surface area contributed by atoms with Gasteiger partial charge in [0.25, 0.3) is 0 Å². The molecule has 86 valence electrons. The quantitative estimate of drug-likeness (QED) is 0.647. The largest absolute Gasteiger partial charge is 0.304 e. The first-order valence-corrected chi connectivity index (χ1v) is 5.73. The molecule has 0 saturated heterocycles. The molecule has 0 aliphatic carbocycles. The van der Waals surface area contributed by atoms with Gasteiger partial charge in [0.15, 0.2) is 0 Å². The van der Waals surface area contributed by atoms with Crippen molar-refractivity contribution >= 4 is 5.65 Å². The second kappa shape index (κ2) is 4.01. The van der Waals surface area contributed by atoms with E-state index < -0.39 is 0 Å². The van der Waals surface area contributed by atoms with Gasteiger partial charge in [0.1, 0.15) is 5.65 Å². The molecule has 2 heterocycles. The molecule has 0 amide bonds. The van der Waals surface area contributed by atoms with Gasteiger partial charge in [-0.25, -0.2) is 4.98 Å². The highest BCUT2D eigenvalue weighted by Gasteiger charge is 2.05. The van der Waals surface area contributed by atoms with Gasteiger partial charge in [-0.3, -0.25) is 0 Å². The first-order chi connectivity index (χ1) is 8.78. The van der Waals surface area contributed by atoms with Crippen LogP contribution in [0.1, 0.15) is 11.3 Å². The summed E-state index contributed by atoms with van der Waals surface area (Å²) in [6, 6.07) is 15.6. The number of nitriles is 1. The summed E-state index contributed by atoms with van der Waals surface area (Å²) >= 11 is 0. The van der Waals surface area contributed by atoms with Crippen LogP contribution in [-0.4, -0.2) is 9.38 Å². The Morgan fingerprint density at radius 2 is 1.89 bits per heavy atom. The number of fused-ring (bicyclic) bond motifs is 1. The number of nitrogens with zero attached hydrogens (tertiary/aromatic N) is 3. The lowest BCUT2D eigenvalue weighted by atomic mass is 10.1. The highest BCUT2D eigenvalue weighted by atomic mass is 15.0. The first-order valence-electron chi connectivity index (χ1n) is 5.73. The van der Waals surface area contributed by atoms with E-state index >= 15 is 0 Å². The number of aryl methyl sites for hydroxylation is 1. The number of aromatic nitrogens is 2. The van der Waals surface area contributed by atoms with Gasteiger partial charge in [0, 0.05) is 17.5 Å². The number of benzene rings is 1. The van der Waals surface area contributed by atoms with Crippen molar-refractivity contribution in [3.8, 4) is 17.3 Å². The summed E-state index contributed by atoms with van der Waals surface area (Å²) in [5.74, 6) is 0. The third kappa shape index (κ3) is 1.64. The van der Waals surface area contributed by atoms with E-state index in [0.29, 0.717) is 5.56 Å². The summed E-state index contributed by atoms with van der Waals surface area (Å²) in [7, 11) is 0. The SMILES string of the molecule is Cc1cccc2nc(-c3ccc(C#N)cc3)cn12. The van der Waals surface area contributed by atoms with Gasteiger partial charge in [-0.15, -0.1) is 0 Å². The minimum atomic E-state index is 0.665. The van der Waals surface area contributed by atoms with Gasteiger partial charge in [0.2, 0.25) is 0 Å². The fourth-order valence-electron chi connectivity index (χ4n) is 2.00. The third-order valence-corrected chi connectivity index (χ3v) is 3.01. The molecule has 0 unspecified atom stereocenters. The van der Waals surface area contributed by atoms with Crippen molar-refractivity contribution in [1.82, 2.24) is 9.38 Å². The predicted molar refractivity (Wildman–Crippen MR) is 70.1 cm³/mol. The Morgan fingerprint density at radius 3 is 2.56 bits per heavy atom. The molecule has 3 heteroatoms. The zero-order valence-corrected chi connectivity index (χ0v) is 9.96. The molecule has 3 aromatic rings. The van der Waals surface area contributed by atoms with Crippen LogP contribution in [0.3, 0.4) is 0 Å². The van der Waals surface area contributed by atoms with Crippen LogP contribution in [0, 0.1) is 18.3 Å². The Balaban J connectivity index is 2.14. The van der Waals surface area contributed by atoms with E-state index in [2.05, 4.69) is 28.4 Å². The second-order valence-electron chi connectivity index (χ2n) is 4.21. The molecule has 1 aromatic carbocycles. The summed E-state index contributed by atoms with van der Waals surface area (Å²) in [5.41, 5.74) is 4.71. The molecule has 0 aliphatic rings. The molecule has 3 nitrogen and oxygen atoms in total. The Morgan fingerprint density at radius 1 is 1.11 bits per heavy atom. The molecule has 0 bridgehead atoms. The average Bonchev–Trinajstić information content (AvgIpc) is 2.84. The first kappa shape index (κ1) is 10.5. The summed E-state index contributed by atoms with van der Waals surface area (Å²) in [6.45, 7) is 2.05. The van der Waals surface area contributed by atoms with Gasteiger partial charge < -0.3 is 4.40 Å². The maximum Gasteiger partial charge on any atom is 0.137 e. The van der Waals surface area contributed by atoms with Crippen LogP contribution in [0.15, 0.2) is 48.7 Å². The van der Waals surface area contributed by atoms with Crippen molar-refractivity contribution in [3.05, 3.63) is 59.9 Å². The maximum absolute atomic E-state index is 8.78. The van der Waals surface area contributed by atoms with Gasteiger partial charge in [-0.05, 0) is 31.2 Å². The van der Waals surface area contributed by atoms with Crippen molar-refractivity contribution in [2.24, 2.45) is 0 Å². The summed E-state index contributed by atoms with van der Waals surface area (Å²) < 4.78 is 2.06. The Labute approximate surface area is 105 Å². The van der Waals surface area contributed by atoms with E-state index in [9.17, 15) is 0 Å². The van der Waals surface area contributed by atoms with Crippen LogP contribution in [0.4, 0.5) is 0 Å². The van der Waals surface area contributed by atoms with Crippen molar-refractivity contribution < 1.29 is 0 Å². The normalized spacial score (nSPS) is 10.4. The zero-order valence-electron chi connectivity index (χ0n) is 9.96. The summed E-state index contributed by atoms with van der Waals surface area (Å²) in [4.78, 5) is 4.58. The van der Waals surface area contributed by atoms with E-state index in [1.54, 1.807) is 0 Å². The number of hydrogen-bond donors (Lipinski definition) is 0. The summed E-state index contributed by atoms with van der Waals surface area (Å²) in [6.07, 6.45) is 2.02. The zero-order chi connectivity index (χ0) is 12.5. The monoisotopic (exact) mass is 233 g/mol. The van der Waals surface area contributed by atoms with Crippen LogP contribution < -0.4 is 0 Å². The van der Waals surface area contributed by atoms with E-state index in [-0.39, 0.29) is 0 Å². The molecule has 0 spiro atoms.